The summed E-state index contributed by atoms with van der Waals surface area (Å²) in [5, 5.41) is 6.29. The van der Waals surface area contributed by atoms with Gasteiger partial charge < -0.3 is 4.90 Å². The van der Waals surface area contributed by atoms with Gasteiger partial charge in [0.05, 0.1) is 28.2 Å². The zero-order valence-electron chi connectivity index (χ0n) is 18.5. The smallest absolute Gasteiger partial charge is 0.254 e. The van der Waals surface area contributed by atoms with Gasteiger partial charge in [0.15, 0.2) is 5.65 Å². The van der Waals surface area contributed by atoms with Gasteiger partial charge >= 0.3 is 0 Å². The molecule has 1 aliphatic rings. The number of nitrogens with zero attached hydrogens (tertiary/aromatic N) is 4. The molecule has 1 fully saturated rings. The maximum atomic E-state index is 13.7. The Labute approximate surface area is 183 Å². The van der Waals surface area contributed by atoms with Crippen molar-refractivity contribution in [1.29, 1.82) is 0 Å². The molecular weight excluding hydrogens is 396 g/mol. The third-order valence-corrected chi connectivity index (χ3v) is 6.16. The molecule has 1 aliphatic carbocycles. The summed E-state index contributed by atoms with van der Waals surface area (Å²) in [4.78, 5) is 20.4. The van der Waals surface area contributed by atoms with E-state index in [2.05, 4.69) is 20.8 Å². The fraction of sp³-hybridized carbons (Fsp3) is 0.458. The van der Waals surface area contributed by atoms with Gasteiger partial charge in [0.1, 0.15) is 0 Å². The first-order chi connectivity index (χ1) is 14.1. The van der Waals surface area contributed by atoms with Crippen molar-refractivity contribution in [2.75, 3.05) is 7.05 Å². The number of aryl methyl sites for hydroxylation is 1. The Morgan fingerprint density at radius 3 is 2.57 bits per heavy atom. The van der Waals surface area contributed by atoms with Gasteiger partial charge in [-0.15, -0.1) is 0 Å². The molecule has 2 heterocycles. The summed E-state index contributed by atoms with van der Waals surface area (Å²) >= 11 is 6.17. The maximum Gasteiger partial charge on any atom is 0.254 e. The first kappa shape index (κ1) is 20.9. The van der Waals surface area contributed by atoms with Crippen molar-refractivity contribution in [1.82, 2.24) is 19.7 Å². The summed E-state index contributed by atoms with van der Waals surface area (Å²) < 4.78 is 1.96. The van der Waals surface area contributed by atoms with E-state index in [-0.39, 0.29) is 17.5 Å². The molecule has 158 valence electrons. The number of fused-ring (bicyclic) bond motifs is 1. The van der Waals surface area contributed by atoms with Crippen LogP contribution in [0.5, 0.6) is 0 Å². The number of carbonyl (C=O) groups is 1. The molecule has 1 saturated carbocycles. The minimum atomic E-state index is -0.220. The quantitative estimate of drug-likeness (QED) is 0.527. The van der Waals surface area contributed by atoms with Crippen LogP contribution in [0.1, 0.15) is 79.8 Å². The number of rotatable bonds is 4. The first-order valence-electron chi connectivity index (χ1n) is 10.5. The third-order valence-electron chi connectivity index (χ3n) is 5.93. The number of pyridine rings is 1. The molecule has 1 aromatic carbocycles. The zero-order valence-corrected chi connectivity index (χ0v) is 19.3. The van der Waals surface area contributed by atoms with E-state index in [0.29, 0.717) is 16.5 Å². The first-order valence-corrected chi connectivity index (χ1v) is 10.9. The van der Waals surface area contributed by atoms with Crippen molar-refractivity contribution in [3.05, 3.63) is 57.9 Å². The Hall–Kier alpha value is -2.40. The Kier molecular flexibility index (Phi) is 5.13. The van der Waals surface area contributed by atoms with Gasteiger partial charge in [-0.3, -0.25) is 4.79 Å². The van der Waals surface area contributed by atoms with E-state index in [1.807, 2.05) is 55.9 Å². The fourth-order valence-electron chi connectivity index (χ4n) is 3.89. The normalized spacial score (nSPS) is 15.4. The number of hydrogen-bond donors (Lipinski definition) is 0. The van der Waals surface area contributed by atoms with E-state index in [4.69, 9.17) is 21.7 Å². The van der Waals surface area contributed by atoms with Crippen molar-refractivity contribution < 1.29 is 4.79 Å². The number of halogens is 1. The third kappa shape index (κ3) is 3.71. The van der Waals surface area contributed by atoms with Crippen molar-refractivity contribution in [2.24, 2.45) is 0 Å². The van der Waals surface area contributed by atoms with Crippen LogP contribution in [0.3, 0.4) is 0 Å². The highest BCUT2D eigenvalue weighted by atomic mass is 35.5. The zero-order chi connectivity index (χ0) is 21.8. The van der Waals surface area contributed by atoms with Crippen LogP contribution in [-0.2, 0) is 5.54 Å². The number of carbonyl (C=O) groups excluding carboxylic acids is 1. The Bertz CT molecular complexity index is 1120. The highest BCUT2D eigenvalue weighted by Gasteiger charge is 2.31. The van der Waals surface area contributed by atoms with E-state index in [1.54, 1.807) is 4.90 Å². The average molecular weight is 425 g/mol. The van der Waals surface area contributed by atoms with E-state index >= 15 is 0 Å². The molecule has 1 atom stereocenters. The van der Waals surface area contributed by atoms with E-state index < -0.39 is 0 Å². The topological polar surface area (TPSA) is 51.0 Å². The largest absolute Gasteiger partial charge is 0.335 e. The standard InChI is InChI=1S/C24H29ClN4O/c1-14-21-19(23(30)28(6)15(2)17-8-7-9-18(25)12-17)13-20(16-10-11-16)26-22(21)29(27-14)24(3,4)5/h7-9,12-13,15-16H,10-11H2,1-6H3. The van der Waals surface area contributed by atoms with Crippen LogP contribution in [0.15, 0.2) is 30.3 Å². The van der Waals surface area contributed by atoms with Gasteiger partial charge in [-0.25, -0.2) is 9.67 Å². The number of benzene rings is 1. The second-order valence-corrected chi connectivity index (χ2v) is 9.82. The van der Waals surface area contributed by atoms with E-state index in [0.717, 1.165) is 40.8 Å². The molecule has 0 saturated heterocycles. The lowest BCUT2D eigenvalue weighted by Gasteiger charge is -2.26. The van der Waals surface area contributed by atoms with Crippen LogP contribution < -0.4 is 0 Å². The summed E-state index contributed by atoms with van der Waals surface area (Å²) in [5.41, 5.74) is 4.11. The fourth-order valence-corrected chi connectivity index (χ4v) is 4.09. The molecule has 0 aliphatic heterocycles. The molecule has 1 amide bonds. The molecule has 5 nitrogen and oxygen atoms in total. The highest BCUT2D eigenvalue weighted by Crippen LogP contribution is 2.41. The lowest BCUT2D eigenvalue weighted by atomic mass is 10.0. The summed E-state index contributed by atoms with van der Waals surface area (Å²) in [6.45, 7) is 10.3. The summed E-state index contributed by atoms with van der Waals surface area (Å²) in [6, 6.07) is 9.56. The van der Waals surface area contributed by atoms with Crippen molar-refractivity contribution in [3.63, 3.8) is 0 Å². The highest BCUT2D eigenvalue weighted by molar-refractivity contribution is 6.30. The minimum absolute atomic E-state index is 0.0201. The Balaban J connectivity index is 1.83. The van der Waals surface area contributed by atoms with Gasteiger partial charge in [0, 0.05) is 23.7 Å². The molecule has 2 aromatic heterocycles. The predicted molar refractivity (Wildman–Crippen MR) is 121 cm³/mol. The van der Waals surface area contributed by atoms with Crippen LogP contribution in [0.4, 0.5) is 0 Å². The number of hydrogen-bond acceptors (Lipinski definition) is 3. The van der Waals surface area contributed by atoms with Gasteiger partial charge in [0.25, 0.3) is 5.91 Å². The van der Waals surface area contributed by atoms with Crippen LogP contribution >= 0.6 is 11.6 Å². The Morgan fingerprint density at radius 1 is 1.27 bits per heavy atom. The van der Waals surface area contributed by atoms with Gasteiger partial charge in [-0.1, -0.05) is 23.7 Å². The van der Waals surface area contributed by atoms with E-state index in [9.17, 15) is 4.79 Å². The molecule has 1 unspecified atom stereocenters. The predicted octanol–water partition coefficient (Wildman–Crippen LogP) is 5.86. The second kappa shape index (κ2) is 7.38. The molecule has 6 heteroatoms. The monoisotopic (exact) mass is 424 g/mol. The van der Waals surface area contributed by atoms with Crippen molar-refractivity contribution in [2.45, 2.75) is 65.0 Å². The molecule has 0 radical (unpaired) electrons. The van der Waals surface area contributed by atoms with Gasteiger partial charge in [0.2, 0.25) is 0 Å². The summed E-state index contributed by atoms with van der Waals surface area (Å²) in [7, 11) is 1.85. The van der Waals surface area contributed by atoms with Crippen LogP contribution in [0.2, 0.25) is 5.02 Å². The average Bonchev–Trinajstić information content (AvgIpc) is 3.48. The number of aromatic nitrogens is 3. The molecule has 0 spiro atoms. The molecule has 0 N–H and O–H groups in total. The summed E-state index contributed by atoms with van der Waals surface area (Å²) in [6.07, 6.45) is 2.26. The van der Waals surface area contributed by atoms with E-state index in [1.165, 1.54) is 0 Å². The van der Waals surface area contributed by atoms with Crippen LogP contribution in [-0.4, -0.2) is 32.6 Å². The van der Waals surface area contributed by atoms with Crippen molar-refractivity contribution in [3.8, 4) is 0 Å². The lowest BCUT2D eigenvalue weighted by Crippen LogP contribution is -2.30. The minimum Gasteiger partial charge on any atom is -0.335 e. The number of amides is 1. The van der Waals surface area contributed by atoms with Crippen LogP contribution in [0, 0.1) is 6.92 Å². The molecule has 0 bridgehead atoms. The molecular formula is C24H29ClN4O. The lowest BCUT2D eigenvalue weighted by molar-refractivity contribution is 0.0744. The van der Waals surface area contributed by atoms with Gasteiger partial charge in [-0.2, -0.15) is 5.10 Å². The summed E-state index contributed by atoms with van der Waals surface area (Å²) in [5.74, 6) is 0.425. The SMILES string of the molecule is Cc1nn(C(C)(C)C)c2nc(C3CC3)cc(C(=O)N(C)C(C)c3cccc(Cl)c3)c12. The maximum absolute atomic E-state index is 13.7. The molecule has 3 aromatic rings. The van der Waals surface area contributed by atoms with Gasteiger partial charge in [-0.05, 0) is 71.2 Å². The van der Waals surface area contributed by atoms with Crippen molar-refractivity contribution >= 4 is 28.5 Å². The molecule has 4 rings (SSSR count). The Morgan fingerprint density at radius 2 is 1.97 bits per heavy atom. The second-order valence-electron chi connectivity index (χ2n) is 9.38. The molecule has 30 heavy (non-hydrogen) atoms. The van der Waals surface area contributed by atoms with Crippen LogP contribution in [0.25, 0.3) is 11.0 Å².